The largest absolute Gasteiger partial charge is 0.312 e. The van der Waals surface area contributed by atoms with Crippen molar-refractivity contribution >= 4 is 11.6 Å². The third-order valence-electron chi connectivity index (χ3n) is 3.22. The lowest BCUT2D eigenvalue weighted by Gasteiger charge is -2.19. The van der Waals surface area contributed by atoms with Gasteiger partial charge in [0.05, 0.1) is 0 Å². The highest BCUT2D eigenvalue weighted by Gasteiger charge is 2.20. The molecule has 1 atom stereocenters. The molecule has 2 aromatic rings. The number of nitrogens with zero attached hydrogens (tertiary/aromatic N) is 3. The molecular weight excluding hydrogens is 279 g/mol. The van der Waals surface area contributed by atoms with Gasteiger partial charge < -0.3 is 5.32 Å². The van der Waals surface area contributed by atoms with E-state index in [-0.39, 0.29) is 17.9 Å². The third kappa shape index (κ3) is 2.99. The lowest BCUT2D eigenvalue weighted by Crippen LogP contribution is -2.23. The molecular formula is C14H18ClFN4. The van der Waals surface area contributed by atoms with Gasteiger partial charge in [-0.15, -0.1) is 0 Å². The molecule has 0 saturated heterocycles. The molecule has 1 unspecified atom stereocenters. The Hall–Kier alpha value is -1.46. The van der Waals surface area contributed by atoms with Crippen molar-refractivity contribution in [1.29, 1.82) is 0 Å². The van der Waals surface area contributed by atoms with Crippen molar-refractivity contribution in [3.8, 4) is 0 Å². The Morgan fingerprint density at radius 2 is 2.15 bits per heavy atom. The first kappa shape index (κ1) is 14.9. The van der Waals surface area contributed by atoms with Crippen LogP contribution in [0.1, 0.15) is 37.3 Å². The van der Waals surface area contributed by atoms with E-state index in [2.05, 4.69) is 15.4 Å². The van der Waals surface area contributed by atoms with Gasteiger partial charge in [-0.1, -0.05) is 17.7 Å². The van der Waals surface area contributed by atoms with Crippen LogP contribution in [0.15, 0.2) is 24.5 Å². The minimum absolute atomic E-state index is 0.209. The first-order valence-electron chi connectivity index (χ1n) is 6.54. The summed E-state index contributed by atoms with van der Waals surface area (Å²) in [6, 6.07) is 4.67. The van der Waals surface area contributed by atoms with E-state index in [0.29, 0.717) is 17.0 Å². The highest BCUT2D eigenvalue weighted by molar-refractivity contribution is 6.31. The summed E-state index contributed by atoms with van der Waals surface area (Å²) in [5.41, 5.74) is 0.468. The van der Waals surface area contributed by atoms with Gasteiger partial charge in [-0.25, -0.2) is 14.1 Å². The molecule has 0 saturated carbocycles. The summed E-state index contributed by atoms with van der Waals surface area (Å²) >= 11 is 6.12. The van der Waals surface area contributed by atoms with Crippen LogP contribution in [0.3, 0.4) is 0 Å². The molecule has 108 valence electrons. The first-order chi connectivity index (χ1) is 9.54. The Balaban J connectivity index is 2.32. The van der Waals surface area contributed by atoms with Crippen LogP contribution in [0, 0.1) is 5.82 Å². The standard InChI is InChI=1S/C14H18ClFN4/c1-9(2)20-13(18-8-19-20)7-12(17-3)14-10(15)5-4-6-11(14)16/h4-6,8-9,12,17H,7H2,1-3H3. The van der Waals surface area contributed by atoms with Crippen molar-refractivity contribution in [3.63, 3.8) is 0 Å². The number of rotatable bonds is 5. The van der Waals surface area contributed by atoms with Crippen LogP contribution in [0.2, 0.25) is 5.02 Å². The SMILES string of the molecule is CNC(Cc1ncnn1C(C)C)c1c(F)cccc1Cl. The number of hydrogen-bond donors (Lipinski definition) is 1. The van der Waals surface area contributed by atoms with Crippen LogP contribution in [-0.4, -0.2) is 21.8 Å². The van der Waals surface area contributed by atoms with E-state index in [0.717, 1.165) is 5.82 Å². The molecule has 0 fully saturated rings. The van der Waals surface area contributed by atoms with Crippen molar-refractivity contribution in [1.82, 2.24) is 20.1 Å². The Morgan fingerprint density at radius 3 is 2.75 bits per heavy atom. The van der Waals surface area contributed by atoms with E-state index in [4.69, 9.17) is 11.6 Å². The zero-order valence-electron chi connectivity index (χ0n) is 11.8. The fourth-order valence-electron chi connectivity index (χ4n) is 2.23. The second kappa shape index (κ2) is 6.33. The predicted molar refractivity (Wildman–Crippen MR) is 77.3 cm³/mol. The van der Waals surface area contributed by atoms with Gasteiger partial charge in [0.2, 0.25) is 0 Å². The van der Waals surface area contributed by atoms with Gasteiger partial charge in [0.1, 0.15) is 18.0 Å². The zero-order chi connectivity index (χ0) is 14.7. The van der Waals surface area contributed by atoms with Crippen LogP contribution >= 0.6 is 11.6 Å². The molecule has 6 heteroatoms. The summed E-state index contributed by atoms with van der Waals surface area (Å²) in [5, 5.41) is 7.71. The lowest BCUT2D eigenvalue weighted by atomic mass is 10.0. The Morgan fingerprint density at radius 1 is 1.40 bits per heavy atom. The van der Waals surface area contributed by atoms with Crippen molar-refractivity contribution in [3.05, 3.63) is 46.8 Å². The Kier molecular flexibility index (Phi) is 4.73. The normalized spacial score (nSPS) is 12.9. The van der Waals surface area contributed by atoms with Crippen molar-refractivity contribution < 1.29 is 4.39 Å². The van der Waals surface area contributed by atoms with Gasteiger partial charge in [0, 0.05) is 29.1 Å². The molecule has 1 N–H and O–H groups in total. The Labute approximate surface area is 123 Å². The zero-order valence-corrected chi connectivity index (χ0v) is 12.5. The number of nitrogens with one attached hydrogen (secondary N) is 1. The van der Waals surface area contributed by atoms with Crippen molar-refractivity contribution in [2.24, 2.45) is 0 Å². The van der Waals surface area contributed by atoms with E-state index < -0.39 is 0 Å². The fraction of sp³-hybridized carbons (Fsp3) is 0.429. The lowest BCUT2D eigenvalue weighted by molar-refractivity contribution is 0.469. The van der Waals surface area contributed by atoms with Crippen LogP contribution < -0.4 is 5.32 Å². The number of halogens is 2. The molecule has 4 nitrogen and oxygen atoms in total. The Bertz CT molecular complexity index is 562. The van der Waals surface area contributed by atoms with Crippen molar-refractivity contribution in [2.75, 3.05) is 7.05 Å². The van der Waals surface area contributed by atoms with E-state index in [9.17, 15) is 4.39 Å². The molecule has 0 aliphatic rings. The first-order valence-corrected chi connectivity index (χ1v) is 6.92. The minimum Gasteiger partial charge on any atom is -0.312 e. The van der Waals surface area contributed by atoms with Gasteiger partial charge in [0.15, 0.2) is 0 Å². The number of likely N-dealkylation sites (N-methyl/N-ethyl adjacent to an activating group) is 1. The van der Waals surface area contributed by atoms with Crippen LogP contribution in [-0.2, 0) is 6.42 Å². The molecule has 1 aromatic heterocycles. The molecule has 2 rings (SSSR count). The van der Waals surface area contributed by atoms with Gasteiger partial charge >= 0.3 is 0 Å². The van der Waals surface area contributed by atoms with E-state index in [1.165, 1.54) is 12.4 Å². The summed E-state index contributed by atoms with van der Waals surface area (Å²) in [6.45, 7) is 4.06. The number of hydrogen-bond acceptors (Lipinski definition) is 3. The maximum Gasteiger partial charge on any atom is 0.138 e. The highest BCUT2D eigenvalue weighted by atomic mass is 35.5. The van der Waals surface area contributed by atoms with Crippen LogP contribution in [0.5, 0.6) is 0 Å². The van der Waals surface area contributed by atoms with Gasteiger partial charge in [0.25, 0.3) is 0 Å². The van der Waals surface area contributed by atoms with E-state index in [1.807, 2.05) is 18.5 Å². The van der Waals surface area contributed by atoms with Crippen molar-refractivity contribution in [2.45, 2.75) is 32.4 Å². The number of aromatic nitrogens is 3. The summed E-state index contributed by atoms with van der Waals surface area (Å²) in [4.78, 5) is 4.26. The summed E-state index contributed by atoms with van der Waals surface area (Å²) in [7, 11) is 1.78. The second-order valence-electron chi connectivity index (χ2n) is 4.90. The average molecular weight is 297 g/mol. The maximum atomic E-state index is 14.0. The summed E-state index contributed by atoms with van der Waals surface area (Å²) in [6.07, 6.45) is 2.04. The summed E-state index contributed by atoms with van der Waals surface area (Å²) < 4.78 is 15.8. The van der Waals surface area contributed by atoms with Gasteiger partial charge in [-0.2, -0.15) is 5.10 Å². The van der Waals surface area contributed by atoms with Gasteiger partial charge in [-0.05, 0) is 33.0 Å². The number of benzene rings is 1. The predicted octanol–water partition coefficient (Wildman–Crippen LogP) is 3.15. The third-order valence-corrected chi connectivity index (χ3v) is 3.55. The maximum absolute atomic E-state index is 14.0. The van der Waals surface area contributed by atoms with Gasteiger partial charge in [-0.3, -0.25) is 0 Å². The quantitative estimate of drug-likeness (QED) is 0.921. The smallest absolute Gasteiger partial charge is 0.138 e. The molecule has 0 radical (unpaired) electrons. The van der Waals surface area contributed by atoms with Crippen LogP contribution in [0.4, 0.5) is 4.39 Å². The molecule has 1 aromatic carbocycles. The molecule has 0 aliphatic heterocycles. The fourth-order valence-corrected chi connectivity index (χ4v) is 2.52. The topological polar surface area (TPSA) is 42.7 Å². The average Bonchev–Trinajstić information content (AvgIpc) is 2.85. The molecule has 0 spiro atoms. The molecule has 0 bridgehead atoms. The van der Waals surface area contributed by atoms with Crippen LogP contribution in [0.25, 0.3) is 0 Å². The van der Waals surface area contributed by atoms with E-state index >= 15 is 0 Å². The highest BCUT2D eigenvalue weighted by Crippen LogP contribution is 2.28. The van der Waals surface area contributed by atoms with E-state index in [1.54, 1.807) is 19.2 Å². The monoisotopic (exact) mass is 296 g/mol. The molecule has 20 heavy (non-hydrogen) atoms. The second-order valence-corrected chi connectivity index (χ2v) is 5.30. The molecule has 1 heterocycles. The molecule has 0 amide bonds. The molecule has 0 aliphatic carbocycles. The summed E-state index contributed by atoms with van der Waals surface area (Å²) in [5.74, 6) is 0.492. The minimum atomic E-state index is -0.313.